The van der Waals surface area contributed by atoms with E-state index in [2.05, 4.69) is 5.32 Å². The summed E-state index contributed by atoms with van der Waals surface area (Å²) in [6.07, 6.45) is 4.02. The number of rotatable bonds is 6. The lowest BCUT2D eigenvalue weighted by Crippen LogP contribution is -2.25. The summed E-state index contributed by atoms with van der Waals surface area (Å²) in [5, 5.41) is 2.36. The van der Waals surface area contributed by atoms with Gasteiger partial charge in [-0.15, -0.1) is 0 Å². The molecule has 1 aliphatic rings. The average molecular weight is 470 g/mol. The highest BCUT2D eigenvalue weighted by Crippen LogP contribution is 2.35. The van der Waals surface area contributed by atoms with Crippen molar-refractivity contribution in [1.29, 1.82) is 0 Å². The van der Waals surface area contributed by atoms with Gasteiger partial charge < -0.3 is 5.32 Å². The van der Waals surface area contributed by atoms with Gasteiger partial charge in [0.25, 0.3) is 5.91 Å². The van der Waals surface area contributed by atoms with E-state index in [-0.39, 0.29) is 22.2 Å². The monoisotopic (exact) mass is 469 g/mol. The Morgan fingerprint density at radius 3 is 2.12 bits per heavy atom. The molecule has 1 heterocycles. The van der Waals surface area contributed by atoms with Gasteiger partial charge in [-0.3, -0.25) is 13.9 Å². The lowest BCUT2D eigenvalue weighted by Gasteiger charge is -2.23. The van der Waals surface area contributed by atoms with Gasteiger partial charge in [0.05, 0.1) is 26.9 Å². The van der Waals surface area contributed by atoms with Crippen LogP contribution in [0.1, 0.15) is 61.9 Å². The Labute approximate surface area is 194 Å². The summed E-state index contributed by atoms with van der Waals surface area (Å²) in [4.78, 5) is 26.0. The second-order valence-corrected chi connectivity index (χ2v) is 10.9. The van der Waals surface area contributed by atoms with Crippen molar-refractivity contribution in [3.63, 3.8) is 0 Å². The molecule has 0 atom stereocenters. The second kappa shape index (κ2) is 9.17. The SMILES string of the molecule is CCn1c(=O)n(CC)c2cc(S(=O)(=O)C3CCCCC3)c(NC(=O)c3ccc(C)cc3)cc21. The van der Waals surface area contributed by atoms with Crippen LogP contribution in [-0.4, -0.2) is 28.7 Å². The summed E-state index contributed by atoms with van der Waals surface area (Å²) >= 11 is 0. The first-order valence-electron chi connectivity index (χ1n) is 11.7. The zero-order valence-electron chi connectivity index (χ0n) is 19.4. The number of nitrogens with zero attached hydrogens (tertiary/aromatic N) is 2. The van der Waals surface area contributed by atoms with Gasteiger partial charge in [-0.05, 0) is 57.9 Å². The normalized spacial score (nSPS) is 15.1. The van der Waals surface area contributed by atoms with Crippen LogP contribution in [0.15, 0.2) is 46.1 Å². The first kappa shape index (κ1) is 23.3. The van der Waals surface area contributed by atoms with Gasteiger partial charge in [-0.25, -0.2) is 13.2 Å². The molecule has 33 heavy (non-hydrogen) atoms. The number of sulfone groups is 1. The molecule has 1 aromatic heterocycles. The average Bonchev–Trinajstić information content (AvgIpc) is 3.08. The maximum absolute atomic E-state index is 13.7. The maximum atomic E-state index is 13.7. The van der Waals surface area contributed by atoms with Crippen molar-refractivity contribution < 1.29 is 13.2 Å². The van der Waals surface area contributed by atoms with Crippen LogP contribution in [0.3, 0.4) is 0 Å². The first-order chi connectivity index (χ1) is 15.8. The number of benzene rings is 2. The molecule has 0 bridgehead atoms. The topological polar surface area (TPSA) is 90.2 Å². The van der Waals surface area contributed by atoms with E-state index in [4.69, 9.17) is 0 Å². The summed E-state index contributed by atoms with van der Waals surface area (Å²) in [6.45, 7) is 6.55. The molecule has 1 amide bonds. The minimum absolute atomic E-state index is 0.0952. The third-order valence-corrected chi connectivity index (χ3v) is 8.91. The van der Waals surface area contributed by atoms with Crippen molar-refractivity contribution in [3.8, 4) is 0 Å². The molecule has 1 fully saturated rings. The molecule has 8 heteroatoms. The maximum Gasteiger partial charge on any atom is 0.329 e. The fourth-order valence-electron chi connectivity index (χ4n) is 4.74. The molecular weight excluding hydrogens is 438 g/mol. The second-order valence-electron chi connectivity index (χ2n) is 8.73. The minimum Gasteiger partial charge on any atom is -0.321 e. The van der Waals surface area contributed by atoms with Crippen LogP contribution in [0.5, 0.6) is 0 Å². The van der Waals surface area contributed by atoms with E-state index in [1.807, 2.05) is 32.9 Å². The zero-order valence-corrected chi connectivity index (χ0v) is 20.2. The van der Waals surface area contributed by atoms with E-state index in [0.29, 0.717) is 42.5 Å². The Bertz CT molecular complexity index is 1350. The summed E-state index contributed by atoms with van der Waals surface area (Å²) in [6, 6.07) is 10.3. The van der Waals surface area contributed by atoms with Gasteiger partial charge in [-0.2, -0.15) is 0 Å². The third-order valence-electron chi connectivity index (χ3n) is 6.61. The van der Waals surface area contributed by atoms with Gasteiger partial charge in [0, 0.05) is 18.7 Å². The predicted octanol–water partition coefficient (Wildman–Crippen LogP) is 4.51. The molecular formula is C25H31N3O4S. The fraction of sp³-hybridized carbons (Fsp3) is 0.440. The molecule has 2 aromatic carbocycles. The molecule has 7 nitrogen and oxygen atoms in total. The van der Waals surface area contributed by atoms with Crippen molar-refractivity contribution >= 4 is 32.5 Å². The van der Waals surface area contributed by atoms with Crippen LogP contribution in [0.25, 0.3) is 11.0 Å². The number of aryl methyl sites for hydroxylation is 3. The van der Waals surface area contributed by atoms with Crippen LogP contribution in [0.4, 0.5) is 5.69 Å². The summed E-state index contributed by atoms with van der Waals surface area (Å²) in [5.74, 6) is -0.380. The third kappa shape index (κ3) is 4.24. The Hall–Kier alpha value is -2.87. The largest absolute Gasteiger partial charge is 0.329 e. The highest BCUT2D eigenvalue weighted by atomic mass is 32.2. The van der Waals surface area contributed by atoms with Crippen molar-refractivity contribution in [2.75, 3.05) is 5.32 Å². The fourth-order valence-corrected chi connectivity index (χ4v) is 6.75. The molecule has 3 aromatic rings. The van der Waals surface area contributed by atoms with Crippen molar-refractivity contribution in [3.05, 3.63) is 58.0 Å². The van der Waals surface area contributed by atoms with Gasteiger partial charge >= 0.3 is 5.69 Å². The number of fused-ring (bicyclic) bond motifs is 1. The smallest absolute Gasteiger partial charge is 0.321 e. The molecule has 0 unspecified atom stereocenters. The molecule has 4 rings (SSSR count). The van der Waals surface area contributed by atoms with E-state index in [1.165, 1.54) is 0 Å². The molecule has 0 aliphatic heterocycles. The van der Waals surface area contributed by atoms with E-state index >= 15 is 0 Å². The van der Waals surface area contributed by atoms with Gasteiger partial charge in [-0.1, -0.05) is 37.0 Å². The Morgan fingerprint density at radius 2 is 1.55 bits per heavy atom. The number of imidazole rings is 1. The first-order valence-corrected chi connectivity index (χ1v) is 13.2. The molecule has 1 saturated carbocycles. The Balaban J connectivity index is 1.90. The van der Waals surface area contributed by atoms with E-state index < -0.39 is 15.1 Å². The number of hydrogen-bond donors (Lipinski definition) is 1. The molecule has 0 saturated heterocycles. The molecule has 0 spiro atoms. The summed E-state index contributed by atoms with van der Waals surface area (Å²) in [5.41, 5.74) is 2.72. The lowest BCUT2D eigenvalue weighted by atomic mass is 10.0. The standard InChI is InChI=1S/C25H31N3O4S/c1-4-27-21-15-20(26-24(29)18-13-11-17(3)12-14-18)23(16-22(21)28(5-2)25(27)30)33(31,32)19-9-7-6-8-10-19/h11-16,19H,4-10H2,1-3H3,(H,26,29). The van der Waals surface area contributed by atoms with Crippen LogP contribution in [0, 0.1) is 6.92 Å². The van der Waals surface area contributed by atoms with Crippen LogP contribution in [0.2, 0.25) is 0 Å². The zero-order chi connectivity index (χ0) is 23.8. The lowest BCUT2D eigenvalue weighted by molar-refractivity contribution is 0.102. The van der Waals surface area contributed by atoms with Gasteiger partial charge in [0.2, 0.25) is 0 Å². The van der Waals surface area contributed by atoms with E-state index in [0.717, 1.165) is 24.8 Å². The van der Waals surface area contributed by atoms with Crippen molar-refractivity contribution in [2.24, 2.45) is 0 Å². The number of aromatic nitrogens is 2. The van der Waals surface area contributed by atoms with E-state index in [9.17, 15) is 18.0 Å². The quantitative estimate of drug-likeness (QED) is 0.575. The van der Waals surface area contributed by atoms with Crippen LogP contribution in [-0.2, 0) is 22.9 Å². The number of carbonyl (C=O) groups is 1. The molecule has 176 valence electrons. The van der Waals surface area contributed by atoms with Crippen molar-refractivity contribution in [2.45, 2.75) is 76.1 Å². The predicted molar refractivity (Wildman–Crippen MR) is 131 cm³/mol. The number of carbonyl (C=O) groups excluding carboxylic acids is 1. The van der Waals surface area contributed by atoms with Gasteiger partial charge in [0.1, 0.15) is 0 Å². The van der Waals surface area contributed by atoms with Crippen molar-refractivity contribution in [1.82, 2.24) is 9.13 Å². The van der Waals surface area contributed by atoms with Gasteiger partial charge in [0.15, 0.2) is 9.84 Å². The molecule has 1 N–H and O–H groups in total. The number of nitrogens with one attached hydrogen (secondary N) is 1. The number of hydrogen-bond acceptors (Lipinski definition) is 4. The molecule has 1 aliphatic carbocycles. The van der Waals surface area contributed by atoms with Crippen LogP contribution >= 0.6 is 0 Å². The Kier molecular flexibility index (Phi) is 6.47. The van der Waals surface area contributed by atoms with E-state index in [1.54, 1.807) is 33.4 Å². The summed E-state index contributed by atoms with van der Waals surface area (Å²) in [7, 11) is -3.69. The summed E-state index contributed by atoms with van der Waals surface area (Å²) < 4.78 is 30.7. The van der Waals surface area contributed by atoms with Crippen LogP contribution < -0.4 is 11.0 Å². The minimum atomic E-state index is -3.69. The highest BCUT2D eigenvalue weighted by molar-refractivity contribution is 7.92. The molecule has 0 radical (unpaired) electrons. The number of anilines is 1. The highest BCUT2D eigenvalue weighted by Gasteiger charge is 2.32. The number of amides is 1. The Morgan fingerprint density at radius 1 is 0.970 bits per heavy atom.